The molecule has 2 aliphatic rings. The first-order chi connectivity index (χ1) is 9.40. The van der Waals surface area contributed by atoms with E-state index in [1.807, 2.05) is 0 Å². The van der Waals surface area contributed by atoms with Crippen molar-refractivity contribution in [3.8, 4) is 0 Å². The minimum Gasteiger partial charge on any atom is -0.381 e. The van der Waals surface area contributed by atoms with Crippen LogP contribution in [0.15, 0.2) is 0 Å². The summed E-state index contributed by atoms with van der Waals surface area (Å²) >= 11 is 0. The molecule has 0 bridgehead atoms. The Morgan fingerprint density at radius 1 is 1.35 bits per heavy atom. The summed E-state index contributed by atoms with van der Waals surface area (Å²) in [6.07, 6.45) is 4.27. The van der Waals surface area contributed by atoms with E-state index in [2.05, 4.69) is 25.7 Å². The van der Waals surface area contributed by atoms with Crippen LogP contribution in [0.3, 0.4) is 0 Å². The summed E-state index contributed by atoms with van der Waals surface area (Å²) in [5, 5.41) is 0. The molecule has 4 nitrogen and oxygen atoms in total. The Balaban J connectivity index is 1.97. The summed E-state index contributed by atoms with van der Waals surface area (Å²) in [5.41, 5.74) is 6.02. The molecule has 20 heavy (non-hydrogen) atoms. The van der Waals surface area contributed by atoms with Gasteiger partial charge in [0.25, 0.3) is 0 Å². The zero-order valence-electron chi connectivity index (χ0n) is 13.2. The highest BCUT2D eigenvalue weighted by molar-refractivity contribution is 5.79. The van der Waals surface area contributed by atoms with E-state index >= 15 is 0 Å². The number of carbonyl (C=O) groups is 1. The molecule has 116 valence electrons. The number of nitrogens with zero attached hydrogens (tertiary/aromatic N) is 1. The van der Waals surface area contributed by atoms with Gasteiger partial charge in [0.1, 0.15) is 0 Å². The molecule has 0 radical (unpaired) electrons. The van der Waals surface area contributed by atoms with Gasteiger partial charge in [-0.3, -0.25) is 4.79 Å². The Labute approximate surface area is 123 Å². The Morgan fingerprint density at radius 2 is 2.05 bits per heavy atom. The normalized spacial score (nSPS) is 24.7. The largest absolute Gasteiger partial charge is 0.381 e. The Kier molecular flexibility index (Phi) is 5.08. The van der Waals surface area contributed by atoms with E-state index in [4.69, 9.17) is 10.5 Å². The number of amides is 1. The predicted molar refractivity (Wildman–Crippen MR) is 80.3 cm³/mol. The van der Waals surface area contributed by atoms with E-state index < -0.39 is 0 Å². The monoisotopic (exact) mass is 282 g/mol. The molecular weight excluding hydrogens is 252 g/mol. The third kappa shape index (κ3) is 4.45. The number of ether oxygens (including phenoxy) is 1. The van der Waals surface area contributed by atoms with Crippen molar-refractivity contribution >= 4 is 5.91 Å². The molecule has 2 unspecified atom stereocenters. The van der Waals surface area contributed by atoms with Crippen LogP contribution in [-0.2, 0) is 9.53 Å². The van der Waals surface area contributed by atoms with Crippen molar-refractivity contribution in [3.63, 3.8) is 0 Å². The number of carbonyl (C=O) groups excluding carboxylic acids is 1. The first-order valence-corrected chi connectivity index (χ1v) is 7.99. The van der Waals surface area contributed by atoms with E-state index in [0.29, 0.717) is 18.5 Å². The summed E-state index contributed by atoms with van der Waals surface area (Å²) in [7, 11) is 0. The standard InChI is InChI=1S/C16H30N2O2/c1-16(2,3)8-13(9-17)15(19)18(14-4-5-14)10-12-6-7-20-11-12/h12-14H,4-11,17H2,1-3H3. The van der Waals surface area contributed by atoms with E-state index in [1.54, 1.807) is 0 Å². The average Bonchev–Trinajstić information content (AvgIpc) is 3.08. The molecule has 2 rings (SSSR count). The van der Waals surface area contributed by atoms with E-state index in [9.17, 15) is 4.79 Å². The van der Waals surface area contributed by atoms with Gasteiger partial charge >= 0.3 is 0 Å². The fourth-order valence-corrected chi connectivity index (χ4v) is 3.06. The highest BCUT2D eigenvalue weighted by Gasteiger charge is 2.38. The van der Waals surface area contributed by atoms with E-state index in [1.165, 1.54) is 0 Å². The van der Waals surface area contributed by atoms with Crippen molar-refractivity contribution in [2.24, 2.45) is 23.0 Å². The van der Waals surface area contributed by atoms with Gasteiger partial charge in [-0.1, -0.05) is 20.8 Å². The lowest BCUT2D eigenvalue weighted by atomic mass is 9.84. The van der Waals surface area contributed by atoms with Crippen LogP contribution in [0.4, 0.5) is 0 Å². The second-order valence-corrected chi connectivity index (χ2v) is 7.65. The molecule has 2 fully saturated rings. The summed E-state index contributed by atoms with van der Waals surface area (Å²) in [6.45, 7) is 9.51. The molecule has 4 heteroatoms. The Hall–Kier alpha value is -0.610. The number of nitrogens with two attached hydrogens (primary N) is 1. The molecule has 2 N–H and O–H groups in total. The highest BCUT2D eigenvalue weighted by atomic mass is 16.5. The topological polar surface area (TPSA) is 55.6 Å². The third-order valence-corrected chi connectivity index (χ3v) is 4.24. The van der Waals surface area contributed by atoms with Gasteiger partial charge in [0.2, 0.25) is 5.91 Å². The molecule has 2 atom stereocenters. The number of rotatable bonds is 6. The second-order valence-electron chi connectivity index (χ2n) is 7.65. The zero-order valence-corrected chi connectivity index (χ0v) is 13.2. The SMILES string of the molecule is CC(C)(C)CC(CN)C(=O)N(CC1CCOC1)C1CC1. The Morgan fingerprint density at radius 3 is 2.50 bits per heavy atom. The minimum absolute atomic E-state index is 0.0297. The second kappa shape index (κ2) is 6.44. The summed E-state index contributed by atoms with van der Waals surface area (Å²) in [6, 6.07) is 0.470. The predicted octanol–water partition coefficient (Wildman–Crippen LogP) is 2.02. The van der Waals surface area contributed by atoms with Gasteiger partial charge in [-0.05, 0) is 31.1 Å². The lowest BCUT2D eigenvalue weighted by Gasteiger charge is -2.31. The number of hydrogen-bond donors (Lipinski definition) is 1. The summed E-state index contributed by atoms with van der Waals surface area (Å²) in [4.78, 5) is 14.9. The quantitative estimate of drug-likeness (QED) is 0.811. The first-order valence-electron chi connectivity index (χ1n) is 7.99. The van der Waals surface area contributed by atoms with Gasteiger partial charge in [-0.2, -0.15) is 0 Å². The fraction of sp³-hybridized carbons (Fsp3) is 0.938. The molecule has 0 aromatic carbocycles. The van der Waals surface area contributed by atoms with Gasteiger partial charge in [0.15, 0.2) is 0 Å². The van der Waals surface area contributed by atoms with Gasteiger partial charge in [-0.25, -0.2) is 0 Å². The van der Waals surface area contributed by atoms with Crippen molar-refractivity contribution in [2.75, 3.05) is 26.3 Å². The smallest absolute Gasteiger partial charge is 0.227 e. The maximum Gasteiger partial charge on any atom is 0.227 e. The van der Waals surface area contributed by atoms with Crippen molar-refractivity contribution in [1.29, 1.82) is 0 Å². The van der Waals surface area contributed by atoms with Gasteiger partial charge in [0, 0.05) is 31.7 Å². The van der Waals surface area contributed by atoms with Crippen LogP contribution in [0.2, 0.25) is 0 Å². The third-order valence-electron chi connectivity index (χ3n) is 4.24. The fourth-order valence-electron chi connectivity index (χ4n) is 3.06. The summed E-state index contributed by atoms with van der Waals surface area (Å²) in [5.74, 6) is 0.766. The average molecular weight is 282 g/mol. The van der Waals surface area contributed by atoms with Crippen molar-refractivity contribution in [2.45, 2.75) is 52.5 Å². The summed E-state index contributed by atoms with van der Waals surface area (Å²) < 4.78 is 5.44. The lowest BCUT2D eigenvalue weighted by Crippen LogP contribution is -2.44. The van der Waals surface area contributed by atoms with Crippen LogP contribution in [0.5, 0.6) is 0 Å². The van der Waals surface area contributed by atoms with Crippen molar-refractivity contribution in [3.05, 3.63) is 0 Å². The highest BCUT2D eigenvalue weighted by Crippen LogP contribution is 2.32. The molecule has 1 saturated carbocycles. The molecule has 0 aromatic rings. The van der Waals surface area contributed by atoms with E-state index in [-0.39, 0.29) is 17.2 Å². The molecule has 1 saturated heterocycles. The molecule has 0 aromatic heterocycles. The van der Waals surface area contributed by atoms with Crippen LogP contribution in [0, 0.1) is 17.3 Å². The molecule has 1 aliphatic carbocycles. The molecular formula is C16H30N2O2. The molecule has 1 heterocycles. The van der Waals surface area contributed by atoms with Crippen LogP contribution in [0.25, 0.3) is 0 Å². The lowest BCUT2D eigenvalue weighted by molar-refractivity contribution is -0.137. The van der Waals surface area contributed by atoms with Crippen LogP contribution >= 0.6 is 0 Å². The molecule has 1 amide bonds. The van der Waals surface area contributed by atoms with Gasteiger partial charge < -0.3 is 15.4 Å². The van der Waals surface area contributed by atoms with Crippen LogP contribution < -0.4 is 5.73 Å². The van der Waals surface area contributed by atoms with Crippen LogP contribution in [0.1, 0.15) is 46.5 Å². The first kappa shape index (κ1) is 15.8. The Bertz CT molecular complexity index is 328. The van der Waals surface area contributed by atoms with E-state index in [0.717, 1.165) is 45.4 Å². The maximum atomic E-state index is 12.8. The number of hydrogen-bond acceptors (Lipinski definition) is 3. The van der Waals surface area contributed by atoms with Crippen LogP contribution in [-0.4, -0.2) is 43.2 Å². The van der Waals surface area contributed by atoms with Gasteiger partial charge in [-0.15, -0.1) is 0 Å². The van der Waals surface area contributed by atoms with Crippen molar-refractivity contribution in [1.82, 2.24) is 4.90 Å². The minimum atomic E-state index is -0.0297. The van der Waals surface area contributed by atoms with Crippen molar-refractivity contribution < 1.29 is 9.53 Å². The molecule has 0 spiro atoms. The zero-order chi connectivity index (χ0) is 14.8. The molecule has 1 aliphatic heterocycles. The van der Waals surface area contributed by atoms with Gasteiger partial charge in [0.05, 0.1) is 12.5 Å². The maximum absolute atomic E-state index is 12.8.